The third-order valence-electron chi connectivity index (χ3n) is 3.47. The van der Waals surface area contributed by atoms with Gasteiger partial charge in [0.2, 0.25) is 0 Å². The number of fused-ring (bicyclic) bond motifs is 1. The first-order valence-electron chi connectivity index (χ1n) is 6.68. The molecule has 2 aromatic heterocycles. The van der Waals surface area contributed by atoms with Crippen molar-refractivity contribution in [3.05, 3.63) is 17.3 Å². The first-order chi connectivity index (χ1) is 9.50. The number of ether oxygens (including phenoxy) is 1. The highest BCUT2D eigenvalue weighted by atomic mass is 79.9. The van der Waals surface area contributed by atoms with Crippen LogP contribution in [0.3, 0.4) is 0 Å². The van der Waals surface area contributed by atoms with Crippen molar-refractivity contribution in [2.75, 3.05) is 23.3 Å². The summed E-state index contributed by atoms with van der Waals surface area (Å²) in [7, 11) is 0. The molecule has 0 aliphatic carbocycles. The molecular weight excluding hydrogens is 338 g/mol. The van der Waals surface area contributed by atoms with Crippen molar-refractivity contribution < 1.29 is 4.74 Å². The fourth-order valence-electron chi connectivity index (χ4n) is 2.72. The number of halogens is 1. The fraction of sp³-hybridized carbons (Fsp3) is 0.571. The van der Waals surface area contributed by atoms with Gasteiger partial charge in [0.05, 0.1) is 21.9 Å². The Hall–Kier alpha value is -0.720. The van der Waals surface area contributed by atoms with Crippen LogP contribution in [0.1, 0.15) is 19.4 Å². The Bertz CT molecular complexity index is 628. The predicted octanol–water partition coefficient (Wildman–Crippen LogP) is 3.38. The van der Waals surface area contributed by atoms with E-state index in [4.69, 9.17) is 4.74 Å². The van der Waals surface area contributed by atoms with Crippen molar-refractivity contribution >= 4 is 43.3 Å². The van der Waals surface area contributed by atoms with Crippen LogP contribution in [0.4, 0.5) is 5.82 Å². The third kappa shape index (κ3) is 2.56. The first kappa shape index (κ1) is 14.2. The second-order valence-electron chi connectivity index (χ2n) is 5.83. The summed E-state index contributed by atoms with van der Waals surface area (Å²) in [4.78, 5) is 11.3. The number of hydrogen-bond acceptors (Lipinski definition) is 5. The molecule has 0 aromatic carbocycles. The summed E-state index contributed by atoms with van der Waals surface area (Å²) in [6.45, 7) is 8.07. The largest absolute Gasteiger partial charge is 0.368 e. The molecule has 2 aromatic rings. The Balaban J connectivity index is 2.01. The van der Waals surface area contributed by atoms with E-state index in [2.05, 4.69) is 56.9 Å². The molecule has 1 saturated heterocycles. The number of aromatic nitrogens is 2. The second-order valence-corrected chi connectivity index (χ2v) is 7.36. The zero-order valence-electron chi connectivity index (χ0n) is 11.9. The summed E-state index contributed by atoms with van der Waals surface area (Å²) in [5.74, 6) is 1.04. The summed E-state index contributed by atoms with van der Waals surface area (Å²) in [6, 6.07) is 0. The molecule has 3 heterocycles. The molecule has 4 nitrogen and oxygen atoms in total. The van der Waals surface area contributed by atoms with Gasteiger partial charge in [-0.25, -0.2) is 9.97 Å². The summed E-state index contributed by atoms with van der Waals surface area (Å²) in [6.07, 6.45) is 1.85. The highest BCUT2D eigenvalue weighted by molar-refractivity contribution is 9.09. The minimum Gasteiger partial charge on any atom is -0.368 e. The molecule has 0 amide bonds. The van der Waals surface area contributed by atoms with E-state index in [9.17, 15) is 0 Å². The van der Waals surface area contributed by atoms with Crippen LogP contribution in [-0.2, 0) is 4.74 Å². The van der Waals surface area contributed by atoms with Crippen molar-refractivity contribution in [1.82, 2.24) is 9.97 Å². The normalized spacial score (nSPS) is 22.4. The number of alkyl halides is 1. The quantitative estimate of drug-likeness (QED) is 0.774. The standard InChI is InChI=1S/C14H18BrN3OS/c1-9-6-20-12-11(9)16-8-17-13(12)18-5-10(4-15)19-14(2,3)7-18/h6,8,10H,4-5,7H2,1-3H3. The van der Waals surface area contributed by atoms with Gasteiger partial charge in [-0.1, -0.05) is 15.9 Å². The van der Waals surface area contributed by atoms with E-state index in [0.717, 1.165) is 29.8 Å². The SMILES string of the molecule is Cc1csc2c(N3CC(CBr)OC(C)(C)C3)ncnc12. The average molecular weight is 356 g/mol. The molecule has 6 heteroatoms. The molecule has 0 spiro atoms. The van der Waals surface area contributed by atoms with E-state index in [0.29, 0.717) is 0 Å². The van der Waals surface area contributed by atoms with Crippen molar-refractivity contribution in [1.29, 1.82) is 0 Å². The lowest BCUT2D eigenvalue weighted by molar-refractivity contribution is -0.0725. The summed E-state index contributed by atoms with van der Waals surface area (Å²) >= 11 is 5.26. The number of morpholine rings is 1. The van der Waals surface area contributed by atoms with Gasteiger partial charge >= 0.3 is 0 Å². The molecule has 1 aliphatic heterocycles. The van der Waals surface area contributed by atoms with Crippen LogP contribution in [0.2, 0.25) is 0 Å². The van der Waals surface area contributed by atoms with Crippen LogP contribution >= 0.6 is 27.3 Å². The van der Waals surface area contributed by atoms with Gasteiger partial charge < -0.3 is 9.64 Å². The molecule has 0 bridgehead atoms. The Labute approximate surface area is 131 Å². The Morgan fingerprint density at radius 1 is 1.50 bits per heavy atom. The van der Waals surface area contributed by atoms with Gasteiger partial charge in [0.1, 0.15) is 12.1 Å². The summed E-state index contributed by atoms with van der Waals surface area (Å²) in [5.41, 5.74) is 2.12. The zero-order chi connectivity index (χ0) is 14.3. The maximum atomic E-state index is 6.06. The maximum absolute atomic E-state index is 6.06. The smallest absolute Gasteiger partial charge is 0.150 e. The van der Waals surface area contributed by atoms with Crippen molar-refractivity contribution in [2.45, 2.75) is 32.5 Å². The predicted molar refractivity (Wildman–Crippen MR) is 87.1 cm³/mol. The Morgan fingerprint density at radius 3 is 3.05 bits per heavy atom. The Kier molecular flexibility index (Phi) is 3.73. The van der Waals surface area contributed by atoms with Crippen LogP contribution in [0.15, 0.2) is 11.7 Å². The van der Waals surface area contributed by atoms with E-state index in [1.165, 1.54) is 10.3 Å². The van der Waals surface area contributed by atoms with Gasteiger partial charge in [-0.15, -0.1) is 11.3 Å². The molecule has 1 atom stereocenters. The maximum Gasteiger partial charge on any atom is 0.150 e. The van der Waals surface area contributed by atoms with Gasteiger partial charge in [0, 0.05) is 18.4 Å². The molecule has 0 saturated carbocycles. The molecule has 108 valence electrons. The molecule has 0 N–H and O–H groups in total. The minimum atomic E-state index is -0.166. The van der Waals surface area contributed by atoms with Crippen LogP contribution in [0.5, 0.6) is 0 Å². The second kappa shape index (κ2) is 5.24. The highest BCUT2D eigenvalue weighted by Crippen LogP contribution is 2.34. The summed E-state index contributed by atoms with van der Waals surface area (Å²) < 4.78 is 7.24. The number of hydrogen-bond donors (Lipinski definition) is 0. The molecule has 1 aliphatic rings. The van der Waals surface area contributed by atoms with E-state index in [1.807, 2.05) is 0 Å². The van der Waals surface area contributed by atoms with Gasteiger partial charge in [-0.05, 0) is 31.7 Å². The lowest BCUT2D eigenvalue weighted by atomic mass is 10.1. The molecular formula is C14H18BrN3OS. The van der Waals surface area contributed by atoms with Crippen molar-refractivity contribution in [3.8, 4) is 0 Å². The topological polar surface area (TPSA) is 38.2 Å². The highest BCUT2D eigenvalue weighted by Gasteiger charge is 2.34. The molecule has 1 unspecified atom stereocenters. The fourth-order valence-corrected chi connectivity index (χ4v) is 4.08. The van der Waals surface area contributed by atoms with Gasteiger partial charge in [-0.3, -0.25) is 0 Å². The molecule has 20 heavy (non-hydrogen) atoms. The van der Waals surface area contributed by atoms with Crippen LogP contribution in [0.25, 0.3) is 10.2 Å². The third-order valence-corrected chi connectivity index (χ3v) is 5.27. The minimum absolute atomic E-state index is 0.166. The van der Waals surface area contributed by atoms with E-state index in [1.54, 1.807) is 17.7 Å². The van der Waals surface area contributed by atoms with E-state index < -0.39 is 0 Å². The lowest BCUT2D eigenvalue weighted by Gasteiger charge is -2.43. The van der Waals surface area contributed by atoms with E-state index in [-0.39, 0.29) is 11.7 Å². The van der Waals surface area contributed by atoms with Crippen LogP contribution in [-0.4, -0.2) is 40.1 Å². The van der Waals surface area contributed by atoms with Crippen molar-refractivity contribution in [3.63, 3.8) is 0 Å². The molecule has 1 fully saturated rings. The van der Waals surface area contributed by atoms with E-state index >= 15 is 0 Å². The number of anilines is 1. The van der Waals surface area contributed by atoms with Crippen LogP contribution < -0.4 is 4.90 Å². The monoisotopic (exact) mass is 355 g/mol. The average Bonchev–Trinajstić information content (AvgIpc) is 2.79. The Morgan fingerprint density at radius 2 is 2.30 bits per heavy atom. The molecule has 3 rings (SSSR count). The number of thiophene rings is 1. The summed E-state index contributed by atoms with van der Waals surface area (Å²) in [5, 5.41) is 2.99. The number of rotatable bonds is 2. The lowest BCUT2D eigenvalue weighted by Crippen LogP contribution is -2.53. The van der Waals surface area contributed by atoms with Crippen LogP contribution in [0, 0.1) is 6.92 Å². The van der Waals surface area contributed by atoms with Gasteiger partial charge in [-0.2, -0.15) is 0 Å². The van der Waals surface area contributed by atoms with Gasteiger partial charge in [0.25, 0.3) is 0 Å². The number of aryl methyl sites for hydroxylation is 1. The van der Waals surface area contributed by atoms with Gasteiger partial charge in [0.15, 0.2) is 0 Å². The number of nitrogens with zero attached hydrogens (tertiary/aromatic N) is 3. The first-order valence-corrected chi connectivity index (χ1v) is 8.68. The molecule has 0 radical (unpaired) electrons. The van der Waals surface area contributed by atoms with Crippen molar-refractivity contribution in [2.24, 2.45) is 0 Å². The zero-order valence-corrected chi connectivity index (χ0v) is 14.3.